The Morgan fingerprint density at radius 3 is 2.30 bits per heavy atom. The number of hydrogen-bond acceptors (Lipinski definition) is 3. The summed E-state index contributed by atoms with van der Waals surface area (Å²) >= 11 is 11.0. The third-order valence-electron chi connectivity index (χ3n) is 3.72. The summed E-state index contributed by atoms with van der Waals surface area (Å²) in [5.74, 6) is -1.30. The van der Waals surface area contributed by atoms with Crippen LogP contribution in [-0.2, 0) is 0 Å². The van der Waals surface area contributed by atoms with E-state index in [0.717, 1.165) is 6.04 Å². The minimum Gasteiger partial charge on any atom is -0.545 e. The maximum absolute atomic E-state index is 10.3. The number of carboxylic acids is 1. The number of benzene rings is 1. The van der Waals surface area contributed by atoms with Gasteiger partial charge in [0.2, 0.25) is 0 Å². The van der Waals surface area contributed by atoms with Gasteiger partial charge in [0.05, 0.1) is 11.0 Å². The standard InChI is InChI=1S/C8H15N.C7H4Cl2O2/c1-2-4-8(5-3-1)9-6-7-9;8-4-1-2-5(7(10)11)6(9)3-4/h8H,1-7H2;1-3H,(H,10,11)/p-1. The van der Waals surface area contributed by atoms with E-state index in [1.54, 1.807) is 0 Å². The fourth-order valence-electron chi connectivity index (χ4n) is 2.52. The number of rotatable bonds is 2. The average Bonchev–Trinajstić information content (AvgIpc) is 3.24. The molecule has 0 bridgehead atoms. The van der Waals surface area contributed by atoms with Gasteiger partial charge >= 0.3 is 0 Å². The van der Waals surface area contributed by atoms with E-state index >= 15 is 0 Å². The monoisotopic (exact) mass is 314 g/mol. The highest BCUT2D eigenvalue weighted by Crippen LogP contribution is 2.26. The van der Waals surface area contributed by atoms with Crippen molar-refractivity contribution in [1.29, 1.82) is 0 Å². The molecule has 0 atom stereocenters. The predicted molar refractivity (Wildman–Crippen MR) is 79.2 cm³/mol. The molecule has 2 aliphatic rings. The fourth-order valence-corrected chi connectivity index (χ4v) is 3.01. The molecular weight excluding hydrogens is 297 g/mol. The highest BCUT2D eigenvalue weighted by atomic mass is 35.5. The molecule has 1 aromatic rings. The van der Waals surface area contributed by atoms with Crippen LogP contribution in [0.4, 0.5) is 0 Å². The van der Waals surface area contributed by atoms with Gasteiger partial charge in [-0.1, -0.05) is 48.5 Å². The van der Waals surface area contributed by atoms with Gasteiger partial charge in [-0.25, -0.2) is 0 Å². The Labute approximate surface area is 129 Å². The predicted octanol–water partition coefficient (Wildman–Crippen LogP) is 2.99. The van der Waals surface area contributed by atoms with Crippen LogP contribution in [0.15, 0.2) is 18.2 Å². The van der Waals surface area contributed by atoms with Gasteiger partial charge < -0.3 is 9.90 Å². The number of halogens is 2. The van der Waals surface area contributed by atoms with Crippen molar-refractivity contribution in [3.63, 3.8) is 0 Å². The number of hydrogen-bond donors (Lipinski definition) is 0. The summed E-state index contributed by atoms with van der Waals surface area (Å²) in [6.07, 6.45) is 7.44. The first-order valence-corrected chi connectivity index (χ1v) is 7.74. The Morgan fingerprint density at radius 1 is 1.15 bits per heavy atom. The van der Waals surface area contributed by atoms with Crippen molar-refractivity contribution in [3.8, 4) is 0 Å². The van der Waals surface area contributed by atoms with Crippen molar-refractivity contribution in [3.05, 3.63) is 33.8 Å². The lowest BCUT2D eigenvalue weighted by atomic mass is 9.96. The summed E-state index contributed by atoms with van der Waals surface area (Å²) in [6, 6.07) is 5.10. The lowest BCUT2D eigenvalue weighted by molar-refractivity contribution is -0.255. The Kier molecular flexibility index (Phi) is 5.70. The van der Waals surface area contributed by atoms with E-state index in [0.29, 0.717) is 5.02 Å². The van der Waals surface area contributed by atoms with Gasteiger partial charge in [0.15, 0.2) is 0 Å². The van der Waals surface area contributed by atoms with Gasteiger partial charge in [-0.15, -0.1) is 0 Å². The van der Waals surface area contributed by atoms with Crippen molar-refractivity contribution < 1.29 is 9.90 Å². The molecule has 0 radical (unpaired) electrons. The highest BCUT2D eigenvalue weighted by Gasteiger charge is 2.27. The zero-order chi connectivity index (χ0) is 14.5. The van der Waals surface area contributed by atoms with Gasteiger partial charge in [-0.3, -0.25) is 4.90 Å². The molecule has 3 nitrogen and oxygen atoms in total. The molecule has 1 saturated carbocycles. The van der Waals surface area contributed by atoms with Gasteiger partial charge in [-0.2, -0.15) is 0 Å². The molecule has 0 aromatic heterocycles. The SMILES string of the molecule is C1CCC(N2CC2)CC1.O=C([O-])c1ccc(Cl)cc1Cl. The molecule has 0 N–H and O–H groups in total. The summed E-state index contributed by atoms with van der Waals surface area (Å²) in [6.45, 7) is 2.79. The molecule has 0 amide bonds. The van der Waals surface area contributed by atoms with Crippen LogP contribution in [0.25, 0.3) is 0 Å². The molecule has 1 heterocycles. The lowest BCUT2D eigenvalue weighted by Gasteiger charge is -2.22. The van der Waals surface area contributed by atoms with Gasteiger partial charge in [-0.05, 0) is 25.0 Å². The number of aromatic carboxylic acids is 1. The molecule has 5 heteroatoms. The normalized spacial score (nSPS) is 19.1. The van der Waals surface area contributed by atoms with Crippen LogP contribution in [0.2, 0.25) is 10.0 Å². The van der Waals surface area contributed by atoms with E-state index < -0.39 is 5.97 Å². The molecule has 110 valence electrons. The molecule has 0 unspecified atom stereocenters. The van der Waals surface area contributed by atoms with Crippen LogP contribution < -0.4 is 5.11 Å². The zero-order valence-corrected chi connectivity index (χ0v) is 12.8. The van der Waals surface area contributed by atoms with Crippen LogP contribution in [0, 0.1) is 0 Å². The maximum Gasteiger partial charge on any atom is 0.0730 e. The third-order valence-corrected chi connectivity index (χ3v) is 4.27. The molecule has 1 saturated heterocycles. The highest BCUT2D eigenvalue weighted by molar-refractivity contribution is 6.36. The molecule has 1 aromatic carbocycles. The van der Waals surface area contributed by atoms with E-state index in [9.17, 15) is 9.90 Å². The van der Waals surface area contributed by atoms with Gasteiger partial charge in [0, 0.05) is 29.7 Å². The molecule has 0 spiro atoms. The largest absolute Gasteiger partial charge is 0.545 e. The molecular formula is C15H18Cl2NO2-. The Morgan fingerprint density at radius 2 is 1.80 bits per heavy atom. The first-order chi connectivity index (χ1) is 9.58. The minimum absolute atomic E-state index is 0.0453. The molecule has 1 aliphatic heterocycles. The van der Waals surface area contributed by atoms with Crippen molar-refractivity contribution in [2.24, 2.45) is 0 Å². The summed E-state index contributed by atoms with van der Waals surface area (Å²) in [5, 5.41) is 10.8. The van der Waals surface area contributed by atoms with E-state index in [1.165, 1.54) is 63.4 Å². The van der Waals surface area contributed by atoms with Crippen molar-refractivity contribution >= 4 is 29.2 Å². The van der Waals surface area contributed by atoms with E-state index in [1.807, 2.05) is 0 Å². The summed E-state index contributed by atoms with van der Waals surface area (Å²) in [4.78, 5) is 12.9. The molecule has 3 rings (SSSR count). The summed E-state index contributed by atoms with van der Waals surface area (Å²) < 4.78 is 0. The fraction of sp³-hybridized carbons (Fsp3) is 0.533. The second kappa shape index (κ2) is 7.30. The third kappa shape index (κ3) is 4.65. The second-order valence-electron chi connectivity index (χ2n) is 5.24. The average molecular weight is 315 g/mol. The number of carbonyl (C=O) groups is 1. The number of carbonyl (C=O) groups excluding carboxylic acids is 1. The van der Waals surface area contributed by atoms with Crippen molar-refractivity contribution in [2.75, 3.05) is 13.1 Å². The van der Waals surface area contributed by atoms with Crippen LogP contribution in [0.5, 0.6) is 0 Å². The first kappa shape index (κ1) is 15.6. The Bertz CT molecular complexity index is 469. The van der Waals surface area contributed by atoms with Crippen molar-refractivity contribution in [1.82, 2.24) is 4.90 Å². The van der Waals surface area contributed by atoms with Crippen LogP contribution in [0.3, 0.4) is 0 Å². The van der Waals surface area contributed by atoms with Gasteiger partial charge in [0.25, 0.3) is 0 Å². The first-order valence-electron chi connectivity index (χ1n) is 6.98. The number of nitrogens with zero attached hydrogens (tertiary/aromatic N) is 1. The summed E-state index contributed by atoms with van der Waals surface area (Å²) in [7, 11) is 0. The lowest BCUT2D eigenvalue weighted by Crippen LogP contribution is -2.22. The van der Waals surface area contributed by atoms with Gasteiger partial charge in [0.1, 0.15) is 0 Å². The van der Waals surface area contributed by atoms with E-state index in [4.69, 9.17) is 23.2 Å². The van der Waals surface area contributed by atoms with Crippen LogP contribution in [0.1, 0.15) is 42.5 Å². The molecule has 20 heavy (non-hydrogen) atoms. The van der Waals surface area contributed by atoms with E-state index in [2.05, 4.69) is 4.90 Å². The zero-order valence-electron chi connectivity index (χ0n) is 11.3. The smallest absolute Gasteiger partial charge is 0.0730 e. The molecule has 2 fully saturated rings. The second-order valence-corrected chi connectivity index (χ2v) is 6.08. The Hall–Kier alpha value is -0.770. The quantitative estimate of drug-likeness (QED) is 0.788. The topological polar surface area (TPSA) is 43.1 Å². The number of carboxylic acid groups (broad SMARTS) is 1. The summed E-state index contributed by atoms with van der Waals surface area (Å²) in [5.41, 5.74) is -0.0453. The molecule has 1 aliphatic carbocycles. The van der Waals surface area contributed by atoms with Crippen LogP contribution >= 0.6 is 23.2 Å². The minimum atomic E-state index is -1.30. The van der Waals surface area contributed by atoms with Crippen LogP contribution in [-0.4, -0.2) is 30.0 Å². The maximum atomic E-state index is 10.3. The van der Waals surface area contributed by atoms with Crippen molar-refractivity contribution in [2.45, 2.75) is 38.1 Å². The Balaban J connectivity index is 0.000000149. The van der Waals surface area contributed by atoms with E-state index in [-0.39, 0.29) is 10.6 Å².